The van der Waals surface area contributed by atoms with Crippen LogP contribution < -0.4 is 16.0 Å². The van der Waals surface area contributed by atoms with Gasteiger partial charge in [0.1, 0.15) is 23.2 Å². The Morgan fingerprint density at radius 2 is 2.20 bits per heavy atom. The minimum Gasteiger partial charge on any atom is -0.493 e. The van der Waals surface area contributed by atoms with Gasteiger partial charge in [-0.3, -0.25) is 15.5 Å². The lowest BCUT2D eigenvalue weighted by Crippen LogP contribution is -2.32. The lowest BCUT2D eigenvalue weighted by molar-refractivity contribution is 0.390. The van der Waals surface area contributed by atoms with Crippen LogP contribution in [-0.2, 0) is 0 Å². The SMILES string of the molecule is COc1cnn(C(C)C)c1C(NN)c1ncccc1F. The van der Waals surface area contributed by atoms with Crippen molar-refractivity contribution in [1.82, 2.24) is 20.2 Å². The van der Waals surface area contributed by atoms with Crippen LogP contribution in [0.25, 0.3) is 0 Å². The lowest BCUT2D eigenvalue weighted by Gasteiger charge is -2.20. The van der Waals surface area contributed by atoms with Gasteiger partial charge >= 0.3 is 0 Å². The summed E-state index contributed by atoms with van der Waals surface area (Å²) in [4.78, 5) is 4.07. The van der Waals surface area contributed by atoms with E-state index >= 15 is 0 Å². The van der Waals surface area contributed by atoms with Crippen LogP contribution in [-0.4, -0.2) is 21.9 Å². The molecule has 2 aromatic heterocycles. The molecule has 0 amide bonds. The van der Waals surface area contributed by atoms with Crippen molar-refractivity contribution in [3.8, 4) is 5.75 Å². The molecule has 0 fully saturated rings. The zero-order chi connectivity index (χ0) is 14.7. The molecule has 2 aromatic rings. The van der Waals surface area contributed by atoms with Gasteiger partial charge in [0.05, 0.1) is 13.3 Å². The van der Waals surface area contributed by atoms with Gasteiger partial charge in [-0.2, -0.15) is 5.10 Å². The molecule has 2 heterocycles. The Hall–Kier alpha value is -1.99. The van der Waals surface area contributed by atoms with Crippen molar-refractivity contribution in [1.29, 1.82) is 0 Å². The highest BCUT2D eigenvalue weighted by Crippen LogP contribution is 2.31. The molecule has 0 aliphatic heterocycles. The van der Waals surface area contributed by atoms with Gasteiger partial charge in [0.25, 0.3) is 0 Å². The third kappa shape index (κ3) is 2.50. The molecular weight excluding hydrogens is 261 g/mol. The van der Waals surface area contributed by atoms with Crippen molar-refractivity contribution in [3.05, 3.63) is 41.7 Å². The summed E-state index contributed by atoms with van der Waals surface area (Å²) in [5.74, 6) is 5.70. The van der Waals surface area contributed by atoms with Crippen molar-refractivity contribution in [3.63, 3.8) is 0 Å². The summed E-state index contributed by atoms with van der Waals surface area (Å²) in [6.07, 6.45) is 3.10. The monoisotopic (exact) mass is 279 g/mol. The first kappa shape index (κ1) is 14.4. The molecule has 2 rings (SSSR count). The number of hydrogen-bond acceptors (Lipinski definition) is 5. The smallest absolute Gasteiger partial charge is 0.162 e. The van der Waals surface area contributed by atoms with Crippen LogP contribution in [0.2, 0.25) is 0 Å². The zero-order valence-electron chi connectivity index (χ0n) is 11.7. The van der Waals surface area contributed by atoms with Gasteiger partial charge in [0, 0.05) is 12.2 Å². The van der Waals surface area contributed by atoms with Gasteiger partial charge < -0.3 is 4.74 Å². The number of nitrogens with two attached hydrogens (primary N) is 1. The summed E-state index contributed by atoms with van der Waals surface area (Å²) in [5.41, 5.74) is 3.43. The highest BCUT2D eigenvalue weighted by Gasteiger charge is 2.27. The molecule has 1 atom stereocenters. The molecule has 20 heavy (non-hydrogen) atoms. The summed E-state index contributed by atoms with van der Waals surface area (Å²) in [6.45, 7) is 3.94. The van der Waals surface area contributed by atoms with Crippen LogP contribution in [0.5, 0.6) is 5.75 Å². The highest BCUT2D eigenvalue weighted by molar-refractivity contribution is 5.34. The number of halogens is 1. The fourth-order valence-corrected chi connectivity index (χ4v) is 2.10. The van der Waals surface area contributed by atoms with Gasteiger partial charge in [-0.15, -0.1) is 0 Å². The van der Waals surface area contributed by atoms with Crippen molar-refractivity contribution in [2.45, 2.75) is 25.9 Å². The number of nitrogens with zero attached hydrogens (tertiary/aromatic N) is 3. The van der Waals surface area contributed by atoms with Crippen LogP contribution in [0.15, 0.2) is 24.5 Å². The highest BCUT2D eigenvalue weighted by atomic mass is 19.1. The lowest BCUT2D eigenvalue weighted by atomic mass is 10.1. The quantitative estimate of drug-likeness (QED) is 0.641. The number of methoxy groups -OCH3 is 1. The standard InChI is InChI=1S/C13H18FN5O/c1-8(2)19-13(10(20-3)7-17-19)12(18-15)11-9(14)5-4-6-16-11/h4-8,12,18H,15H2,1-3H3. The molecule has 1 unspecified atom stereocenters. The second-order valence-electron chi connectivity index (χ2n) is 4.61. The summed E-state index contributed by atoms with van der Waals surface area (Å²) < 4.78 is 21.0. The second-order valence-corrected chi connectivity index (χ2v) is 4.61. The number of aromatic nitrogens is 3. The fourth-order valence-electron chi connectivity index (χ4n) is 2.10. The van der Waals surface area contributed by atoms with E-state index in [1.165, 1.54) is 25.4 Å². The Labute approximate surface area is 116 Å². The third-order valence-corrected chi connectivity index (χ3v) is 3.01. The van der Waals surface area contributed by atoms with E-state index in [9.17, 15) is 4.39 Å². The molecule has 0 aromatic carbocycles. The topological polar surface area (TPSA) is 78.0 Å². The summed E-state index contributed by atoms with van der Waals surface area (Å²) >= 11 is 0. The zero-order valence-corrected chi connectivity index (χ0v) is 11.7. The van der Waals surface area contributed by atoms with Gasteiger partial charge in [0.2, 0.25) is 0 Å². The van der Waals surface area contributed by atoms with Gasteiger partial charge in [-0.05, 0) is 26.0 Å². The molecule has 0 aliphatic rings. The maximum absolute atomic E-state index is 14.0. The summed E-state index contributed by atoms with van der Waals surface area (Å²) in [6, 6.07) is 2.31. The van der Waals surface area contributed by atoms with E-state index < -0.39 is 11.9 Å². The molecule has 0 bridgehead atoms. The maximum atomic E-state index is 14.0. The predicted octanol–water partition coefficient (Wildman–Crippen LogP) is 1.56. The minimum absolute atomic E-state index is 0.0801. The van der Waals surface area contributed by atoms with Crippen LogP contribution >= 0.6 is 0 Å². The largest absolute Gasteiger partial charge is 0.493 e. The van der Waals surface area contributed by atoms with Crippen LogP contribution in [0, 0.1) is 5.82 Å². The predicted molar refractivity (Wildman–Crippen MR) is 72.5 cm³/mol. The van der Waals surface area contributed by atoms with Gasteiger partial charge in [-0.25, -0.2) is 9.82 Å². The number of rotatable bonds is 5. The number of ether oxygens (including phenoxy) is 1. The molecule has 0 radical (unpaired) electrons. The minimum atomic E-state index is -0.643. The van der Waals surface area contributed by atoms with E-state index in [1.54, 1.807) is 10.9 Å². The van der Waals surface area contributed by atoms with Gasteiger partial charge in [-0.1, -0.05) is 0 Å². The van der Waals surface area contributed by atoms with E-state index in [4.69, 9.17) is 10.6 Å². The Morgan fingerprint density at radius 1 is 1.45 bits per heavy atom. The van der Waals surface area contributed by atoms with Crippen LogP contribution in [0.4, 0.5) is 4.39 Å². The van der Waals surface area contributed by atoms with Crippen molar-refractivity contribution < 1.29 is 9.13 Å². The van der Waals surface area contributed by atoms with Gasteiger partial charge in [0.15, 0.2) is 5.75 Å². The van der Waals surface area contributed by atoms with E-state index in [2.05, 4.69) is 15.5 Å². The van der Waals surface area contributed by atoms with E-state index in [0.29, 0.717) is 11.4 Å². The number of hydrazine groups is 1. The normalized spacial score (nSPS) is 12.7. The van der Waals surface area contributed by atoms with E-state index in [0.717, 1.165) is 0 Å². The molecule has 108 valence electrons. The Bertz CT molecular complexity index is 584. The third-order valence-electron chi connectivity index (χ3n) is 3.01. The molecule has 3 N–H and O–H groups in total. The number of hydrogen-bond donors (Lipinski definition) is 2. The molecular formula is C13H18FN5O. The summed E-state index contributed by atoms with van der Waals surface area (Å²) in [5, 5.41) is 4.26. The average Bonchev–Trinajstić information content (AvgIpc) is 2.86. The average molecular weight is 279 g/mol. The molecule has 0 saturated carbocycles. The molecule has 6 nitrogen and oxygen atoms in total. The van der Waals surface area contributed by atoms with Crippen molar-refractivity contribution in [2.75, 3.05) is 7.11 Å². The molecule has 0 aliphatic carbocycles. The van der Waals surface area contributed by atoms with Crippen molar-refractivity contribution in [2.24, 2.45) is 5.84 Å². The first-order valence-electron chi connectivity index (χ1n) is 6.28. The van der Waals surface area contributed by atoms with E-state index in [1.807, 2.05) is 13.8 Å². The number of pyridine rings is 1. The number of nitrogens with one attached hydrogen (secondary N) is 1. The van der Waals surface area contributed by atoms with Crippen LogP contribution in [0.1, 0.15) is 37.3 Å². The summed E-state index contributed by atoms with van der Waals surface area (Å²) in [7, 11) is 1.54. The Balaban J connectivity index is 2.57. The first-order chi connectivity index (χ1) is 9.60. The fraction of sp³-hybridized carbons (Fsp3) is 0.385. The van der Waals surface area contributed by atoms with Crippen molar-refractivity contribution >= 4 is 0 Å². The van der Waals surface area contributed by atoms with Crippen LogP contribution in [0.3, 0.4) is 0 Å². The molecule has 7 heteroatoms. The Kier molecular flexibility index (Phi) is 4.31. The molecule has 0 spiro atoms. The first-order valence-corrected chi connectivity index (χ1v) is 6.28. The Morgan fingerprint density at radius 3 is 2.75 bits per heavy atom. The molecule has 0 saturated heterocycles. The van der Waals surface area contributed by atoms with E-state index in [-0.39, 0.29) is 11.7 Å². The second kappa shape index (κ2) is 5.98. The maximum Gasteiger partial charge on any atom is 0.162 e.